The molecule has 0 saturated carbocycles. The number of rotatable bonds is 8. The monoisotopic (exact) mass is 670 g/mol. The van der Waals surface area contributed by atoms with Crippen molar-refractivity contribution in [3.63, 3.8) is 0 Å². The highest BCUT2D eigenvalue weighted by Gasteiger charge is 2.37. The zero-order chi connectivity index (χ0) is 37.1. The van der Waals surface area contributed by atoms with Gasteiger partial charge < -0.3 is 15.4 Å². The van der Waals surface area contributed by atoms with Crippen molar-refractivity contribution in [1.29, 1.82) is 0 Å². The van der Waals surface area contributed by atoms with E-state index in [1.54, 1.807) is 0 Å². The van der Waals surface area contributed by atoms with Crippen LogP contribution in [-0.2, 0) is 16.2 Å². The van der Waals surface area contributed by atoms with Crippen LogP contribution in [0.2, 0.25) is 0 Å². The molecule has 3 nitrogen and oxygen atoms in total. The van der Waals surface area contributed by atoms with E-state index in [0.29, 0.717) is 23.7 Å². The van der Waals surface area contributed by atoms with E-state index in [-0.39, 0.29) is 16.2 Å². The van der Waals surface area contributed by atoms with Gasteiger partial charge in [-0.1, -0.05) is 205 Å². The predicted molar refractivity (Wildman–Crippen MR) is 217 cm³/mol. The van der Waals surface area contributed by atoms with Crippen molar-refractivity contribution in [2.24, 2.45) is 0 Å². The summed E-state index contributed by atoms with van der Waals surface area (Å²) in [5.74, 6) is 3.03. The van der Waals surface area contributed by atoms with Crippen LogP contribution in [0.4, 0.5) is 22.7 Å². The Kier molecular flexibility index (Phi) is 10.1. The van der Waals surface area contributed by atoms with Gasteiger partial charge >= 0.3 is 0 Å². The van der Waals surface area contributed by atoms with Crippen molar-refractivity contribution in [2.45, 2.75) is 151 Å². The minimum Gasteiger partial charge on any atom is -0.654 e. The first-order valence-corrected chi connectivity index (χ1v) is 18.9. The van der Waals surface area contributed by atoms with Gasteiger partial charge in [0, 0.05) is 16.5 Å². The molecule has 0 radical (unpaired) electrons. The van der Waals surface area contributed by atoms with Crippen LogP contribution in [0.25, 0.3) is 10.6 Å². The number of ether oxygens (including phenoxy) is 1. The molecule has 0 unspecified atom stereocenters. The van der Waals surface area contributed by atoms with Crippen LogP contribution in [0.3, 0.4) is 0 Å². The Labute approximate surface area is 304 Å². The molecule has 1 heterocycles. The molecule has 0 aromatic heterocycles. The first kappa shape index (κ1) is 37.5. The molecule has 50 heavy (non-hydrogen) atoms. The molecule has 1 aliphatic heterocycles. The Balaban J connectivity index is 1.81. The maximum atomic E-state index is 7.27. The van der Waals surface area contributed by atoms with Crippen molar-refractivity contribution in [3.05, 3.63) is 116 Å². The second-order valence-electron chi connectivity index (χ2n) is 18.4. The van der Waals surface area contributed by atoms with Crippen LogP contribution in [0.5, 0.6) is 11.5 Å². The lowest BCUT2D eigenvalue weighted by molar-refractivity contribution is 0.419. The average Bonchev–Trinajstić information content (AvgIpc) is 3.00. The first-order chi connectivity index (χ1) is 23.1. The highest BCUT2D eigenvalue weighted by atomic mass is 16.5. The SMILES string of the molecule is CC(C)c1cccc(C(C)C)c1[N-]c1cc(C(C)(C)C)cc2c1Oc1c([N-]c3c(C(C)C)cccc3C(C)C)cc(C(C)(C)C)cc1C2(C)C. The van der Waals surface area contributed by atoms with Gasteiger partial charge in [-0.3, -0.25) is 0 Å². The highest BCUT2D eigenvalue weighted by Crippen LogP contribution is 2.60. The molecule has 0 spiro atoms. The van der Waals surface area contributed by atoms with Gasteiger partial charge in [0.25, 0.3) is 0 Å². The molecule has 0 atom stereocenters. The molecule has 0 saturated heterocycles. The van der Waals surface area contributed by atoms with Gasteiger partial charge in [0.05, 0.1) is 0 Å². The number of para-hydroxylation sites is 2. The van der Waals surface area contributed by atoms with E-state index < -0.39 is 0 Å². The van der Waals surface area contributed by atoms with E-state index in [1.807, 2.05) is 0 Å². The number of hydrogen-bond donors (Lipinski definition) is 0. The average molecular weight is 671 g/mol. The van der Waals surface area contributed by atoms with Gasteiger partial charge in [0.1, 0.15) is 11.5 Å². The summed E-state index contributed by atoms with van der Waals surface area (Å²) in [6.07, 6.45) is 0. The Morgan fingerprint density at radius 1 is 0.500 bits per heavy atom. The van der Waals surface area contributed by atoms with Gasteiger partial charge in [-0.15, -0.1) is 11.4 Å². The second kappa shape index (κ2) is 13.4. The van der Waals surface area contributed by atoms with Gasteiger partial charge in [-0.2, -0.15) is 0 Å². The molecule has 268 valence electrons. The fourth-order valence-corrected chi connectivity index (χ4v) is 7.17. The first-order valence-electron chi connectivity index (χ1n) is 18.9. The Bertz CT molecular complexity index is 1690. The molecule has 0 N–H and O–H groups in total. The van der Waals surface area contributed by atoms with Crippen LogP contribution >= 0.6 is 0 Å². The van der Waals surface area contributed by atoms with E-state index in [9.17, 15) is 0 Å². The summed E-state index contributed by atoms with van der Waals surface area (Å²) >= 11 is 0. The van der Waals surface area contributed by atoms with Gasteiger partial charge in [0.2, 0.25) is 0 Å². The largest absolute Gasteiger partial charge is 0.654 e. The second-order valence-corrected chi connectivity index (χ2v) is 18.4. The molecule has 0 bridgehead atoms. The minimum absolute atomic E-state index is 0.0738. The van der Waals surface area contributed by atoms with Crippen LogP contribution in [0.1, 0.15) is 179 Å². The number of nitrogens with zero attached hydrogens (tertiary/aromatic N) is 2. The zero-order valence-electron chi connectivity index (χ0n) is 33.9. The van der Waals surface area contributed by atoms with E-state index >= 15 is 0 Å². The Morgan fingerprint density at radius 2 is 0.800 bits per heavy atom. The summed E-state index contributed by atoms with van der Waals surface area (Å²) in [4.78, 5) is 0. The Hall–Kier alpha value is -3.72. The van der Waals surface area contributed by atoms with Crippen molar-refractivity contribution < 1.29 is 4.74 Å². The van der Waals surface area contributed by atoms with E-state index in [2.05, 4.69) is 171 Å². The maximum absolute atomic E-state index is 7.27. The summed E-state index contributed by atoms with van der Waals surface area (Å²) in [5.41, 5.74) is 13.3. The lowest BCUT2D eigenvalue weighted by atomic mass is 9.71. The van der Waals surface area contributed by atoms with Crippen LogP contribution in [-0.4, -0.2) is 0 Å². The minimum atomic E-state index is -0.364. The molecule has 1 aliphatic rings. The quantitative estimate of drug-likeness (QED) is 0.184. The lowest BCUT2D eigenvalue weighted by Gasteiger charge is -2.44. The summed E-state index contributed by atoms with van der Waals surface area (Å²) in [5, 5.41) is 11.2. The molecule has 0 amide bonds. The van der Waals surface area contributed by atoms with Crippen molar-refractivity contribution >= 4 is 22.7 Å². The lowest BCUT2D eigenvalue weighted by Crippen LogP contribution is -2.27. The summed E-state index contributed by atoms with van der Waals surface area (Å²) < 4.78 is 7.27. The van der Waals surface area contributed by atoms with E-state index in [0.717, 1.165) is 34.2 Å². The third-order valence-electron chi connectivity index (χ3n) is 10.6. The molecule has 4 aromatic carbocycles. The van der Waals surface area contributed by atoms with E-state index in [1.165, 1.54) is 44.5 Å². The predicted octanol–water partition coefficient (Wildman–Crippen LogP) is 15.9. The van der Waals surface area contributed by atoms with E-state index in [4.69, 9.17) is 15.4 Å². The number of hydrogen-bond acceptors (Lipinski definition) is 1. The summed E-state index contributed by atoms with van der Waals surface area (Å²) in [6, 6.07) is 22.6. The molecule has 0 aliphatic carbocycles. The normalized spacial score (nSPS) is 14.2. The third-order valence-corrected chi connectivity index (χ3v) is 10.6. The van der Waals surface area contributed by atoms with Crippen molar-refractivity contribution in [1.82, 2.24) is 0 Å². The van der Waals surface area contributed by atoms with Gasteiger partial charge in [0.15, 0.2) is 0 Å². The standard InChI is InChI=1S/C47H62N2O/c1-27(2)33-19-17-20-34(28(3)4)41(33)48-39-25-31(45(9,10)11)23-37-43(39)50-44-38(47(37,15)16)24-32(46(12,13)14)26-40(44)49-42-35(29(5)6)21-18-22-36(42)30(7)8/h17-30H,1-16H3/q-2. The zero-order valence-corrected chi connectivity index (χ0v) is 33.9. The third kappa shape index (κ3) is 7.07. The van der Waals surface area contributed by atoms with Gasteiger partial charge in [-0.05, 0) is 45.6 Å². The van der Waals surface area contributed by atoms with Crippen LogP contribution in [0, 0.1) is 0 Å². The van der Waals surface area contributed by atoms with Gasteiger partial charge in [-0.25, -0.2) is 0 Å². The topological polar surface area (TPSA) is 37.4 Å². The van der Waals surface area contributed by atoms with Crippen LogP contribution < -0.4 is 4.74 Å². The molecule has 0 fully saturated rings. The fourth-order valence-electron chi connectivity index (χ4n) is 7.17. The molecule has 4 aromatic rings. The van der Waals surface area contributed by atoms with Crippen molar-refractivity contribution in [2.75, 3.05) is 0 Å². The van der Waals surface area contributed by atoms with Crippen LogP contribution in [0.15, 0.2) is 60.7 Å². The number of fused-ring (bicyclic) bond motifs is 2. The highest BCUT2D eigenvalue weighted by molar-refractivity contribution is 5.85. The molecule has 3 heteroatoms. The Morgan fingerprint density at radius 3 is 1.06 bits per heavy atom. The van der Waals surface area contributed by atoms with Crippen molar-refractivity contribution in [3.8, 4) is 11.5 Å². The summed E-state index contributed by atoms with van der Waals surface area (Å²) in [6.45, 7) is 36.5. The molecule has 5 rings (SSSR count). The summed E-state index contributed by atoms with van der Waals surface area (Å²) in [7, 11) is 0. The molecular weight excluding hydrogens is 609 g/mol. The maximum Gasteiger partial charge on any atom is 0.116 e. The molecular formula is C47H62N2O-2. The smallest absolute Gasteiger partial charge is 0.116 e. The number of benzene rings is 4. The fraction of sp³-hybridized carbons (Fsp3) is 0.489.